The molecule has 0 aliphatic heterocycles. The van der Waals surface area contributed by atoms with Gasteiger partial charge in [0.15, 0.2) is 5.82 Å². The average molecular weight is 357 g/mol. The van der Waals surface area contributed by atoms with Crippen LogP contribution >= 0.6 is 0 Å². The maximum atomic E-state index is 5.38. The maximum Gasteiger partial charge on any atom is 0.259 e. The van der Waals surface area contributed by atoms with Crippen LogP contribution in [0.15, 0.2) is 77.7 Å². The van der Waals surface area contributed by atoms with Crippen molar-refractivity contribution in [3.8, 4) is 11.5 Å². The van der Waals surface area contributed by atoms with Crippen LogP contribution in [0.4, 0.5) is 5.82 Å². The maximum absolute atomic E-state index is 5.38. The highest BCUT2D eigenvalue weighted by molar-refractivity contribution is 5.54. The van der Waals surface area contributed by atoms with Crippen LogP contribution in [0.1, 0.15) is 17.0 Å². The summed E-state index contributed by atoms with van der Waals surface area (Å²) in [6.45, 7) is 0.671. The molecule has 0 spiro atoms. The highest BCUT2D eigenvalue weighted by Crippen LogP contribution is 2.18. The van der Waals surface area contributed by atoms with E-state index in [4.69, 9.17) is 4.52 Å². The minimum atomic E-state index is 0.490. The molecule has 0 saturated heterocycles. The topological polar surface area (TPSA) is 76.7 Å². The first-order valence-electron chi connectivity index (χ1n) is 8.82. The van der Waals surface area contributed by atoms with E-state index in [1.54, 1.807) is 12.4 Å². The van der Waals surface area contributed by atoms with Crippen LogP contribution in [0.25, 0.3) is 11.5 Å². The third-order valence-corrected chi connectivity index (χ3v) is 4.16. The summed E-state index contributed by atoms with van der Waals surface area (Å²) < 4.78 is 5.38. The Labute approximate surface area is 157 Å². The number of aromatic nitrogens is 4. The monoisotopic (exact) mass is 357 g/mol. The SMILES string of the molecule is c1ccc(CCc2noc(-c3ccc(NCc4cccnc4)nc3)n2)cc1. The Bertz CT molecular complexity index is 968. The van der Waals surface area contributed by atoms with E-state index in [0.717, 1.165) is 29.8 Å². The Kier molecular flexibility index (Phi) is 5.15. The van der Waals surface area contributed by atoms with Crippen LogP contribution in [0.3, 0.4) is 0 Å². The van der Waals surface area contributed by atoms with Crippen LogP contribution in [0.5, 0.6) is 0 Å². The summed E-state index contributed by atoms with van der Waals surface area (Å²) in [5.74, 6) is 1.98. The molecular weight excluding hydrogens is 338 g/mol. The van der Waals surface area contributed by atoms with Gasteiger partial charge in [-0.05, 0) is 35.7 Å². The van der Waals surface area contributed by atoms with Gasteiger partial charge in [-0.15, -0.1) is 0 Å². The van der Waals surface area contributed by atoms with E-state index >= 15 is 0 Å². The summed E-state index contributed by atoms with van der Waals surface area (Å²) in [4.78, 5) is 13.0. The number of nitrogens with one attached hydrogen (secondary N) is 1. The van der Waals surface area contributed by atoms with Crippen molar-refractivity contribution >= 4 is 5.82 Å². The second kappa shape index (κ2) is 8.23. The number of rotatable bonds is 7. The van der Waals surface area contributed by atoms with Gasteiger partial charge in [-0.1, -0.05) is 41.6 Å². The first-order chi connectivity index (χ1) is 13.4. The zero-order valence-corrected chi connectivity index (χ0v) is 14.7. The third kappa shape index (κ3) is 4.55. The van der Waals surface area contributed by atoms with Crippen molar-refractivity contribution in [1.29, 1.82) is 0 Å². The zero-order chi connectivity index (χ0) is 18.3. The summed E-state index contributed by atoms with van der Waals surface area (Å²) in [7, 11) is 0. The first kappa shape index (κ1) is 16.9. The highest BCUT2D eigenvalue weighted by atomic mass is 16.5. The fourth-order valence-electron chi connectivity index (χ4n) is 2.69. The molecule has 1 N–H and O–H groups in total. The van der Waals surface area contributed by atoms with Gasteiger partial charge in [0.1, 0.15) is 5.82 Å². The van der Waals surface area contributed by atoms with Gasteiger partial charge < -0.3 is 9.84 Å². The number of hydrogen-bond acceptors (Lipinski definition) is 6. The normalized spacial score (nSPS) is 10.7. The molecule has 0 radical (unpaired) electrons. The molecule has 0 aliphatic carbocycles. The molecule has 6 nitrogen and oxygen atoms in total. The molecule has 0 atom stereocenters. The van der Waals surface area contributed by atoms with Crippen molar-refractivity contribution in [2.75, 3.05) is 5.32 Å². The molecule has 134 valence electrons. The Morgan fingerprint density at radius 2 is 1.74 bits per heavy atom. The van der Waals surface area contributed by atoms with E-state index in [9.17, 15) is 0 Å². The number of aryl methyl sites for hydroxylation is 2. The lowest BCUT2D eigenvalue weighted by Gasteiger charge is -2.05. The van der Waals surface area contributed by atoms with Gasteiger partial charge in [-0.2, -0.15) is 4.98 Å². The lowest BCUT2D eigenvalue weighted by atomic mass is 10.1. The lowest BCUT2D eigenvalue weighted by molar-refractivity contribution is 0.422. The molecule has 0 fully saturated rings. The summed E-state index contributed by atoms with van der Waals surface area (Å²) in [6.07, 6.45) is 6.95. The van der Waals surface area contributed by atoms with Crippen molar-refractivity contribution in [2.24, 2.45) is 0 Å². The molecule has 0 aliphatic rings. The molecule has 0 unspecified atom stereocenters. The summed E-state index contributed by atoms with van der Waals surface area (Å²) in [6, 6.07) is 18.0. The van der Waals surface area contributed by atoms with E-state index in [1.165, 1.54) is 5.56 Å². The average Bonchev–Trinajstić information content (AvgIpc) is 3.22. The fourth-order valence-corrected chi connectivity index (χ4v) is 2.69. The highest BCUT2D eigenvalue weighted by Gasteiger charge is 2.09. The largest absolute Gasteiger partial charge is 0.366 e. The van der Waals surface area contributed by atoms with Crippen LogP contribution in [0, 0.1) is 0 Å². The van der Waals surface area contributed by atoms with Crippen LogP contribution in [0.2, 0.25) is 0 Å². The van der Waals surface area contributed by atoms with Gasteiger partial charge in [0.05, 0.1) is 5.56 Å². The molecule has 6 heteroatoms. The number of nitrogens with zero attached hydrogens (tertiary/aromatic N) is 4. The predicted molar refractivity (Wildman–Crippen MR) is 103 cm³/mol. The van der Waals surface area contributed by atoms with Gasteiger partial charge in [0.2, 0.25) is 0 Å². The summed E-state index contributed by atoms with van der Waals surface area (Å²) >= 11 is 0. The Morgan fingerprint density at radius 1 is 0.852 bits per heavy atom. The molecule has 3 aromatic heterocycles. The van der Waals surface area contributed by atoms with Crippen molar-refractivity contribution in [2.45, 2.75) is 19.4 Å². The molecular formula is C21H19N5O. The molecule has 27 heavy (non-hydrogen) atoms. The molecule has 0 saturated carbocycles. The van der Waals surface area contributed by atoms with E-state index in [0.29, 0.717) is 18.3 Å². The predicted octanol–water partition coefficient (Wildman–Crippen LogP) is 3.92. The van der Waals surface area contributed by atoms with Crippen molar-refractivity contribution in [3.63, 3.8) is 0 Å². The van der Waals surface area contributed by atoms with Crippen LogP contribution in [-0.4, -0.2) is 20.1 Å². The molecule has 4 aromatic rings. The van der Waals surface area contributed by atoms with E-state index < -0.39 is 0 Å². The first-order valence-corrected chi connectivity index (χ1v) is 8.82. The van der Waals surface area contributed by atoms with Gasteiger partial charge in [0, 0.05) is 31.6 Å². The second-order valence-electron chi connectivity index (χ2n) is 6.15. The number of pyridine rings is 2. The second-order valence-corrected chi connectivity index (χ2v) is 6.15. The van der Waals surface area contributed by atoms with Crippen molar-refractivity contribution in [1.82, 2.24) is 20.1 Å². The number of benzene rings is 1. The van der Waals surface area contributed by atoms with E-state index in [-0.39, 0.29) is 0 Å². The molecule has 0 bridgehead atoms. The fraction of sp³-hybridized carbons (Fsp3) is 0.143. The number of anilines is 1. The zero-order valence-electron chi connectivity index (χ0n) is 14.7. The van der Waals surface area contributed by atoms with E-state index in [2.05, 4.69) is 37.6 Å². The van der Waals surface area contributed by atoms with Gasteiger partial charge in [-0.3, -0.25) is 4.98 Å². The van der Waals surface area contributed by atoms with Crippen molar-refractivity contribution in [3.05, 3.63) is 90.1 Å². The molecule has 1 aromatic carbocycles. The Balaban J connectivity index is 1.35. The Morgan fingerprint density at radius 3 is 2.52 bits per heavy atom. The third-order valence-electron chi connectivity index (χ3n) is 4.16. The van der Waals surface area contributed by atoms with Crippen molar-refractivity contribution < 1.29 is 4.52 Å². The smallest absolute Gasteiger partial charge is 0.259 e. The quantitative estimate of drug-likeness (QED) is 0.540. The van der Waals surface area contributed by atoms with Crippen LogP contribution in [-0.2, 0) is 19.4 Å². The lowest BCUT2D eigenvalue weighted by Crippen LogP contribution is -2.01. The minimum Gasteiger partial charge on any atom is -0.366 e. The van der Waals surface area contributed by atoms with E-state index in [1.807, 2.05) is 48.7 Å². The van der Waals surface area contributed by atoms with Crippen LogP contribution < -0.4 is 5.32 Å². The molecule has 0 amide bonds. The summed E-state index contributed by atoms with van der Waals surface area (Å²) in [5, 5.41) is 7.34. The molecule has 3 heterocycles. The molecule has 4 rings (SSSR count). The summed E-state index contributed by atoms with van der Waals surface area (Å²) in [5.41, 5.74) is 3.17. The van der Waals surface area contributed by atoms with Gasteiger partial charge in [-0.25, -0.2) is 4.98 Å². The van der Waals surface area contributed by atoms with Gasteiger partial charge >= 0.3 is 0 Å². The van der Waals surface area contributed by atoms with Gasteiger partial charge in [0.25, 0.3) is 5.89 Å². The minimum absolute atomic E-state index is 0.490. The number of hydrogen-bond donors (Lipinski definition) is 1. The Hall–Kier alpha value is -3.54. The standard InChI is InChI=1S/C21H19N5O/c1-2-5-16(6-3-1)8-10-20-25-21(27-26-20)18-9-11-19(24-15-18)23-14-17-7-4-12-22-13-17/h1-7,9,11-13,15H,8,10,14H2,(H,23,24).